The van der Waals surface area contributed by atoms with Gasteiger partial charge in [0.25, 0.3) is 0 Å². The van der Waals surface area contributed by atoms with Crippen LogP contribution in [0.25, 0.3) is 28.3 Å². The maximum absolute atomic E-state index is 7.96. The van der Waals surface area contributed by atoms with Crippen molar-refractivity contribution in [3.63, 3.8) is 0 Å². The zero-order chi connectivity index (χ0) is 28.9. The molecular formula is C37H40Cl2SiZr. The first-order valence-electron chi connectivity index (χ1n) is 15.3. The molecule has 6 rings (SSSR count). The predicted octanol–water partition coefficient (Wildman–Crippen LogP) is 8.80. The number of allylic oxidation sites excluding steroid dienone is 1. The zero-order valence-electron chi connectivity index (χ0n) is 24.9. The van der Waals surface area contributed by atoms with Crippen molar-refractivity contribution in [3.05, 3.63) is 107 Å². The van der Waals surface area contributed by atoms with E-state index in [0.29, 0.717) is 11.8 Å². The Bertz CT molecular complexity index is 1650. The molecule has 4 aromatic rings. The van der Waals surface area contributed by atoms with E-state index in [9.17, 15) is 0 Å². The first-order valence-corrected chi connectivity index (χ1v) is 25.7. The second kappa shape index (κ2) is 11.8. The molecule has 41 heavy (non-hydrogen) atoms. The first kappa shape index (κ1) is 29.4. The van der Waals surface area contributed by atoms with Crippen LogP contribution in [0.2, 0.25) is 0 Å². The standard InChI is InChI=1S/C25H31.C12H9Si.2ClH.Zr/c1-6-10-19-13-14-20-15-21(18(5)7-2)16-24(20)25(19)23-12-9-8-11-22(23)17(3)4;1-3-7-11-9(5-1)10-6-2-4-8-12(10)13-11;;;/h8-9,11-18H,6-7,10H2,1-5H3;1-7H,13H2;2*1H;/q;;;;+2/p-2. The molecule has 210 valence electrons. The Labute approximate surface area is 260 Å². The third-order valence-electron chi connectivity index (χ3n) is 9.45. The van der Waals surface area contributed by atoms with Gasteiger partial charge in [-0.05, 0) is 0 Å². The Morgan fingerprint density at radius 3 is 2.24 bits per heavy atom. The van der Waals surface area contributed by atoms with Crippen molar-refractivity contribution in [2.75, 3.05) is 0 Å². The van der Waals surface area contributed by atoms with Crippen LogP contribution < -0.4 is 13.6 Å². The molecule has 1 aliphatic heterocycles. The van der Waals surface area contributed by atoms with Crippen LogP contribution in [0, 0.1) is 5.92 Å². The van der Waals surface area contributed by atoms with Crippen molar-refractivity contribution in [3.8, 4) is 22.3 Å². The van der Waals surface area contributed by atoms with E-state index in [0.717, 1.165) is 19.3 Å². The van der Waals surface area contributed by atoms with Crippen molar-refractivity contribution in [2.45, 2.75) is 63.4 Å². The molecule has 0 saturated carbocycles. The monoisotopic (exact) mass is 672 g/mol. The summed E-state index contributed by atoms with van der Waals surface area (Å²) < 4.78 is 1.43. The molecule has 0 aromatic heterocycles. The third-order valence-corrected chi connectivity index (χ3v) is 23.7. The second-order valence-electron chi connectivity index (χ2n) is 12.3. The molecule has 0 amide bonds. The molecule has 2 atom stereocenters. The van der Waals surface area contributed by atoms with E-state index in [1.54, 1.807) is 0 Å². The molecule has 0 spiro atoms. The average molecular weight is 675 g/mol. The van der Waals surface area contributed by atoms with E-state index >= 15 is 0 Å². The second-order valence-corrected chi connectivity index (χ2v) is 28.1. The summed E-state index contributed by atoms with van der Waals surface area (Å²) in [7, 11) is 15.3. The number of halogens is 2. The first-order chi connectivity index (χ1) is 19.8. The van der Waals surface area contributed by atoms with Gasteiger partial charge < -0.3 is 0 Å². The number of rotatable bonds is 8. The average Bonchev–Trinajstić information content (AvgIpc) is 3.56. The van der Waals surface area contributed by atoms with Gasteiger partial charge >= 0.3 is 262 Å². The summed E-state index contributed by atoms with van der Waals surface area (Å²) in [6.07, 6.45) is 5.79. The summed E-state index contributed by atoms with van der Waals surface area (Å²) in [6, 6.07) is 29.5. The molecule has 1 heterocycles. The summed E-state index contributed by atoms with van der Waals surface area (Å²) in [4.78, 5) is 0. The van der Waals surface area contributed by atoms with Crippen molar-refractivity contribution in [1.82, 2.24) is 0 Å². The van der Waals surface area contributed by atoms with Crippen LogP contribution in [0.4, 0.5) is 0 Å². The van der Waals surface area contributed by atoms with Gasteiger partial charge in [0.2, 0.25) is 0 Å². The van der Waals surface area contributed by atoms with Crippen LogP contribution in [0.3, 0.4) is 0 Å². The zero-order valence-corrected chi connectivity index (χ0v) is 30.3. The molecule has 0 saturated heterocycles. The topological polar surface area (TPSA) is 0 Å². The fourth-order valence-corrected chi connectivity index (χ4v) is 24.2. The molecule has 4 aromatic carbocycles. The van der Waals surface area contributed by atoms with E-state index in [4.69, 9.17) is 17.0 Å². The fourth-order valence-electron chi connectivity index (χ4n) is 7.23. The summed E-state index contributed by atoms with van der Waals surface area (Å²) in [6.45, 7) is 11.6. The van der Waals surface area contributed by atoms with E-state index in [1.807, 2.05) is 0 Å². The van der Waals surface area contributed by atoms with E-state index in [-0.39, 0.29) is 3.63 Å². The van der Waals surface area contributed by atoms with E-state index in [2.05, 4.69) is 120 Å². The van der Waals surface area contributed by atoms with Crippen LogP contribution >= 0.6 is 17.0 Å². The Morgan fingerprint density at radius 2 is 1.51 bits per heavy atom. The van der Waals surface area contributed by atoms with Crippen LogP contribution in [0.1, 0.15) is 79.3 Å². The van der Waals surface area contributed by atoms with Gasteiger partial charge in [0.15, 0.2) is 0 Å². The Morgan fingerprint density at radius 1 is 0.805 bits per heavy atom. The van der Waals surface area contributed by atoms with Crippen LogP contribution in [0.15, 0.2) is 84.4 Å². The number of benzene rings is 4. The van der Waals surface area contributed by atoms with Crippen molar-refractivity contribution < 1.29 is 17.9 Å². The summed E-state index contributed by atoms with van der Waals surface area (Å²) in [5.41, 5.74) is 12.6. The Balaban J connectivity index is 1.58. The van der Waals surface area contributed by atoms with Crippen molar-refractivity contribution in [1.29, 1.82) is 0 Å². The molecule has 2 unspecified atom stereocenters. The van der Waals surface area contributed by atoms with Gasteiger partial charge in [0.1, 0.15) is 0 Å². The van der Waals surface area contributed by atoms with Crippen molar-refractivity contribution in [2.24, 2.45) is 5.92 Å². The minimum absolute atomic E-state index is 0.113. The molecule has 0 radical (unpaired) electrons. The maximum atomic E-state index is 7.96. The van der Waals surface area contributed by atoms with Crippen LogP contribution in [-0.2, 0) is 24.3 Å². The fraction of sp³-hybridized carbons (Fsp3) is 0.297. The van der Waals surface area contributed by atoms with Gasteiger partial charge in [-0.15, -0.1) is 0 Å². The van der Waals surface area contributed by atoms with Gasteiger partial charge in [-0.25, -0.2) is 0 Å². The number of hydrogen-bond donors (Lipinski definition) is 0. The van der Waals surface area contributed by atoms with Crippen molar-refractivity contribution >= 4 is 46.3 Å². The van der Waals surface area contributed by atoms with Gasteiger partial charge in [0.05, 0.1) is 0 Å². The molecule has 0 bridgehead atoms. The number of fused-ring (bicyclic) bond motifs is 4. The Hall–Kier alpha value is -1.70. The molecule has 0 fully saturated rings. The predicted molar refractivity (Wildman–Crippen MR) is 181 cm³/mol. The van der Waals surface area contributed by atoms with Gasteiger partial charge in [-0.3, -0.25) is 0 Å². The molecule has 0 N–H and O–H groups in total. The van der Waals surface area contributed by atoms with Gasteiger partial charge in [0, 0.05) is 0 Å². The molecule has 2 aliphatic rings. The molecule has 4 heteroatoms. The van der Waals surface area contributed by atoms with E-state index < -0.39 is 27.4 Å². The van der Waals surface area contributed by atoms with E-state index in [1.165, 1.54) is 63.7 Å². The Kier molecular flexibility index (Phi) is 8.43. The summed E-state index contributed by atoms with van der Waals surface area (Å²) in [5, 5.41) is 3.02. The quantitative estimate of drug-likeness (QED) is 0.144. The molecule has 0 nitrogen and oxygen atoms in total. The van der Waals surface area contributed by atoms with Gasteiger partial charge in [-0.1, -0.05) is 0 Å². The van der Waals surface area contributed by atoms with Crippen LogP contribution in [-0.4, -0.2) is 9.52 Å². The normalized spacial score (nSPS) is 17.0. The number of hydrogen-bond acceptors (Lipinski definition) is 0. The minimum atomic E-state index is -4.02. The molecular weight excluding hydrogens is 635 g/mol. The number of aryl methyl sites for hydroxylation is 1. The SMILES string of the molecule is CCCc1ccc2c(c1-c1ccccc1C(C)C)C=C(C(C)CC)[CH]2[Zr]([Cl])([Cl])[c]1cccc2c1[SiH2]c1ccccc1-2. The molecule has 1 aliphatic carbocycles. The van der Waals surface area contributed by atoms with Crippen LogP contribution in [0.5, 0.6) is 0 Å². The third kappa shape index (κ3) is 5.02. The summed E-state index contributed by atoms with van der Waals surface area (Å²) in [5.74, 6) is 0.875. The van der Waals surface area contributed by atoms with Gasteiger partial charge in [-0.2, -0.15) is 0 Å². The summed E-state index contributed by atoms with van der Waals surface area (Å²) >= 11 is -4.02.